The van der Waals surface area contributed by atoms with Crippen LogP contribution in [0.4, 0.5) is 0 Å². The van der Waals surface area contributed by atoms with Crippen LogP contribution in [-0.2, 0) is 4.79 Å². The smallest absolute Gasteiger partial charge is 0.265 e. The molecule has 3 nitrogen and oxygen atoms in total. The Morgan fingerprint density at radius 3 is 2.30 bits per heavy atom. The number of amides is 1. The number of carbonyl (C=O) groups excluding carboxylic acids is 1. The molecular formula is C7H10N2O. The minimum atomic E-state index is -0.0788. The highest BCUT2D eigenvalue weighted by atomic mass is 16.2. The van der Waals surface area contributed by atoms with Crippen LogP contribution in [0, 0.1) is 0 Å². The summed E-state index contributed by atoms with van der Waals surface area (Å²) < 4.78 is 0. The molecule has 1 aliphatic heterocycles. The zero-order valence-corrected chi connectivity index (χ0v) is 6.12. The Labute approximate surface area is 59.8 Å². The molecule has 0 saturated carbocycles. The van der Waals surface area contributed by atoms with E-state index in [1.54, 1.807) is 6.92 Å². The topological polar surface area (TPSA) is 41.1 Å². The number of nitrogens with one attached hydrogen (secondary N) is 2. The fourth-order valence-electron chi connectivity index (χ4n) is 0.716. The average Bonchev–Trinajstić information content (AvgIpc) is 1.93. The predicted molar refractivity (Wildman–Crippen MR) is 38.8 cm³/mol. The van der Waals surface area contributed by atoms with Crippen LogP contribution in [0.5, 0.6) is 0 Å². The molecule has 54 valence electrons. The monoisotopic (exact) mass is 138 g/mol. The number of carbonyl (C=O) groups is 1. The summed E-state index contributed by atoms with van der Waals surface area (Å²) in [6.07, 6.45) is 0. The van der Waals surface area contributed by atoms with Crippen molar-refractivity contribution in [2.45, 2.75) is 13.8 Å². The van der Waals surface area contributed by atoms with E-state index in [1.807, 2.05) is 6.92 Å². The van der Waals surface area contributed by atoms with E-state index in [1.165, 1.54) is 0 Å². The van der Waals surface area contributed by atoms with Crippen molar-refractivity contribution in [2.75, 3.05) is 0 Å². The van der Waals surface area contributed by atoms with Crippen LogP contribution < -0.4 is 10.9 Å². The Hall–Kier alpha value is -1.25. The van der Waals surface area contributed by atoms with Gasteiger partial charge in [-0.25, -0.2) is 0 Å². The molecule has 0 fully saturated rings. The molecule has 3 heteroatoms. The molecule has 0 aliphatic carbocycles. The molecule has 1 heterocycles. The van der Waals surface area contributed by atoms with Crippen molar-refractivity contribution in [2.24, 2.45) is 0 Å². The second-order valence-corrected chi connectivity index (χ2v) is 2.31. The summed E-state index contributed by atoms with van der Waals surface area (Å²) in [5.41, 5.74) is 7.53. The zero-order chi connectivity index (χ0) is 7.72. The first-order valence-electron chi connectivity index (χ1n) is 3.06. The van der Waals surface area contributed by atoms with Crippen molar-refractivity contribution in [1.82, 2.24) is 10.9 Å². The molecule has 0 aromatic rings. The van der Waals surface area contributed by atoms with Crippen molar-refractivity contribution in [3.63, 3.8) is 0 Å². The highest BCUT2D eigenvalue weighted by molar-refractivity contribution is 5.95. The maximum atomic E-state index is 10.9. The molecule has 10 heavy (non-hydrogen) atoms. The van der Waals surface area contributed by atoms with E-state index in [2.05, 4.69) is 17.4 Å². The minimum Gasteiger partial charge on any atom is -0.299 e. The van der Waals surface area contributed by atoms with Gasteiger partial charge in [-0.05, 0) is 19.4 Å². The number of allylic oxidation sites excluding steroid dienone is 1. The van der Waals surface area contributed by atoms with Gasteiger partial charge in [0.2, 0.25) is 0 Å². The lowest BCUT2D eigenvalue weighted by molar-refractivity contribution is -0.118. The van der Waals surface area contributed by atoms with Gasteiger partial charge in [0.1, 0.15) is 0 Å². The van der Waals surface area contributed by atoms with Crippen LogP contribution in [0.3, 0.4) is 0 Å². The number of hydrazine groups is 1. The van der Waals surface area contributed by atoms with Crippen molar-refractivity contribution < 1.29 is 4.79 Å². The van der Waals surface area contributed by atoms with E-state index in [0.29, 0.717) is 0 Å². The van der Waals surface area contributed by atoms with E-state index in [-0.39, 0.29) is 5.91 Å². The first-order valence-corrected chi connectivity index (χ1v) is 3.06. The molecule has 2 N–H and O–H groups in total. The third-order valence-electron chi connectivity index (χ3n) is 1.68. The van der Waals surface area contributed by atoms with Gasteiger partial charge in [-0.3, -0.25) is 15.6 Å². The fourth-order valence-corrected chi connectivity index (χ4v) is 0.716. The lowest BCUT2D eigenvalue weighted by Crippen LogP contribution is -2.41. The largest absolute Gasteiger partial charge is 0.299 e. The van der Waals surface area contributed by atoms with Gasteiger partial charge in [0, 0.05) is 5.57 Å². The average molecular weight is 138 g/mol. The molecule has 0 aromatic carbocycles. The van der Waals surface area contributed by atoms with E-state index in [9.17, 15) is 4.79 Å². The van der Waals surface area contributed by atoms with Crippen LogP contribution in [0.1, 0.15) is 13.8 Å². The second kappa shape index (κ2) is 2.17. The van der Waals surface area contributed by atoms with Gasteiger partial charge >= 0.3 is 0 Å². The maximum absolute atomic E-state index is 10.9. The van der Waals surface area contributed by atoms with E-state index in [0.717, 1.165) is 16.8 Å². The Balaban J connectivity index is 3.03. The van der Waals surface area contributed by atoms with Gasteiger partial charge in [-0.2, -0.15) is 0 Å². The number of hydrogen-bond donors (Lipinski definition) is 2. The first kappa shape index (κ1) is 6.86. The summed E-state index contributed by atoms with van der Waals surface area (Å²) in [5.74, 6) is -0.0788. The Kier molecular flexibility index (Phi) is 1.49. The van der Waals surface area contributed by atoms with Crippen molar-refractivity contribution in [3.8, 4) is 0 Å². The number of hydrogen-bond acceptors (Lipinski definition) is 2. The van der Waals surface area contributed by atoms with Gasteiger partial charge in [0.05, 0.1) is 5.70 Å². The fraction of sp³-hybridized carbons (Fsp3) is 0.286. The van der Waals surface area contributed by atoms with E-state index < -0.39 is 0 Å². The second-order valence-electron chi connectivity index (χ2n) is 2.31. The summed E-state index contributed by atoms with van der Waals surface area (Å²) >= 11 is 0. The summed E-state index contributed by atoms with van der Waals surface area (Å²) in [4.78, 5) is 10.9. The summed E-state index contributed by atoms with van der Waals surface area (Å²) in [5, 5.41) is 0. The number of rotatable bonds is 0. The molecular weight excluding hydrogens is 128 g/mol. The van der Waals surface area contributed by atoms with Crippen LogP contribution in [0.2, 0.25) is 0 Å². The van der Waals surface area contributed by atoms with Gasteiger partial charge in [-0.15, -0.1) is 0 Å². The Morgan fingerprint density at radius 2 is 1.80 bits per heavy atom. The summed E-state index contributed by atoms with van der Waals surface area (Å²) in [6.45, 7) is 7.34. The Bertz CT molecular complexity index is 204. The summed E-state index contributed by atoms with van der Waals surface area (Å²) in [7, 11) is 0. The third kappa shape index (κ3) is 0.900. The summed E-state index contributed by atoms with van der Waals surface area (Å²) in [6, 6.07) is 0. The van der Waals surface area contributed by atoms with Crippen molar-refractivity contribution in [1.29, 1.82) is 0 Å². The molecule has 1 rings (SSSR count). The molecule has 0 spiro atoms. The molecule has 0 aromatic heterocycles. The van der Waals surface area contributed by atoms with Crippen LogP contribution >= 0.6 is 0 Å². The van der Waals surface area contributed by atoms with Gasteiger partial charge in [-0.1, -0.05) is 6.58 Å². The molecule has 0 atom stereocenters. The van der Waals surface area contributed by atoms with Crippen LogP contribution in [0.25, 0.3) is 0 Å². The van der Waals surface area contributed by atoms with Gasteiger partial charge in [0.15, 0.2) is 0 Å². The lowest BCUT2D eigenvalue weighted by atomic mass is 10.1. The minimum absolute atomic E-state index is 0.0788. The van der Waals surface area contributed by atoms with E-state index >= 15 is 0 Å². The predicted octanol–water partition coefficient (Wildman–Crippen LogP) is 0.471. The Morgan fingerprint density at radius 1 is 1.20 bits per heavy atom. The molecule has 0 radical (unpaired) electrons. The van der Waals surface area contributed by atoms with Crippen molar-refractivity contribution >= 4 is 5.91 Å². The quantitative estimate of drug-likeness (QED) is 0.511. The molecule has 0 bridgehead atoms. The highest BCUT2D eigenvalue weighted by Crippen LogP contribution is 2.12. The maximum Gasteiger partial charge on any atom is 0.265 e. The highest BCUT2D eigenvalue weighted by Gasteiger charge is 2.14. The van der Waals surface area contributed by atoms with Crippen molar-refractivity contribution in [3.05, 3.63) is 23.4 Å². The molecule has 1 aliphatic rings. The normalized spacial score (nSPS) is 18.6. The van der Waals surface area contributed by atoms with E-state index in [4.69, 9.17) is 0 Å². The van der Waals surface area contributed by atoms with Crippen LogP contribution in [-0.4, -0.2) is 5.91 Å². The van der Waals surface area contributed by atoms with Gasteiger partial charge in [0.25, 0.3) is 5.91 Å². The molecule has 0 saturated heterocycles. The third-order valence-corrected chi connectivity index (χ3v) is 1.68. The SMILES string of the molecule is C=C1NNC(=O)C(C)=C1C. The standard InChI is InChI=1S/C7H10N2O/c1-4-5(2)7(10)9-8-6(4)3/h8H,3H2,1-2H3,(H,9,10). The van der Waals surface area contributed by atoms with Gasteiger partial charge < -0.3 is 0 Å². The molecule has 0 unspecified atom stereocenters. The zero-order valence-electron chi connectivity index (χ0n) is 6.12. The molecule has 1 amide bonds. The first-order chi connectivity index (χ1) is 4.63. The van der Waals surface area contributed by atoms with Crippen LogP contribution in [0.15, 0.2) is 23.4 Å². The lowest BCUT2D eigenvalue weighted by Gasteiger charge is -2.19.